The van der Waals surface area contributed by atoms with Crippen LogP contribution in [-0.2, 0) is 4.74 Å². The maximum atomic E-state index is 11.4. The SMILES string of the molecule is O=c1[nH]nc2ccc(N3CCOC(CO)C3)nn12. The number of hydrogen-bond acceptors (Lipinski definition) is 6. The summed E-state index contributed by atoms with van der Waals surface area (Å²) >= 11 is 0. The first-order valence-corrected chi connectivity index (χ1v) is 5.70. The number of aliphatic hydroxyl groups is 1. The topological polar surface area (TPSA) is 95.8 Å². The molecule has 18 heavy (non-hydrogen) atoms. The van der Waals surface area contributed by atoms with E-state index in [1.54, 1.807) is 12.1 Å². The Labute approximate surface area is 102 Å². The molecule has 0 saturated carbocycles. The van der Waals surface area contributed by atoms with E-state index in [0.717, 1.165) is 0 Å². The Morgan fingerprint density at radius 1 is 1.56 bits per heavy atom. The zero-order chi connectivity index (χ0) is 12.5. The molecule has 0 spiro atoms. The maximum absolute atomic E-state index is 11.4. The summed E-state index contributed by atoms with van der Waals surface area (Å²) in [6.45, 7) is 1.75. The second kappa shape index (κ2) is 4.39. The number of H-pyrrole nitrogens is 1. The lowest BCUT2D eigenvalue weighted by atomic mass is 10.3. The molecule has 1 aliphatic rings. The van der Waals surface area contributed by atoms with E-state index in [9.17, 15) is 4.79 Å². The van der Waals surface area contributed by atoms with Gasteiger partial charge in [0, 0.05) is 13.1 Å². The minimum atomic E-state index is -0.362. The van der Waals surface area contributed by atoms with Gasteiger partial charge >= 0.3 is 5.69 Å². The van der Waals surface area contributed by atoms with Crippen molar-refractivity contribution in [1.29, 1.82) is 0 Å². The van der Waals surface area contributed by atoms with Crippen molar-refractivity contribution < 1.29 is 9.84 Å². The molecule has 1 fully saturated rings. The molecule has 1 aliphatic heterocycles. The van der Waals surface area contributed by atoms with Gasteiger partial charge in [-0.1, -0.05) is 0 Å². The molecular weight excluding hydrogens is 238 g/mol. The van der Waals surface area contributed by atoms with Gasteiger partial charge in [-0.05, 0) is 12.1 Å². The zero-order valence-corrected chi connectivity index (χ0v) is 9.61. The molecule has 8 nitrogen and oxygen atoms in total. The van der Waals surface area contributed by atoms with Crippen molar-refractivity contribution in [3.05, 3.63) is 22.6 Å². The number of aliphatic hydroxyl groups excluding tert-OH is 1. The summed E-state index contributed by atoms with van der Waals surface area (Å²) in [5.74, 6) is 0.674. The largest absolute Gasteiger partial charge is 0.394 e. The van der Waals surface area contributed by atoms with Gasteiger partial charge < -0.3 is 14.7 Å². The smallest absolute Gasteiger partial charge is 0.364 e. The van der Waals surface area contributed by atoms with E-state index >= 15 is 0 Å². The van der Waals surface area contributed by atoms with Gasteiger partial charge in [0.25, 0.3) is 0 Å². The molecule has 0 aromatic carbocycles. The fourth-order valence-electron chi connectivity index (χ4n) is 2.00. The molecule has 2 N–H and O–H groups in total. The molecule has 2 aromatic heterocycles. The molecule has 1 unspecified atom stereocenters. The Bertz CT molecular complexity index is 607. The molecule has 2 aromatic rings. The highest BCUT2D eigenvalue weighted by atomic mass is 16.5. The maximum Gasteiger partial charge on any atom is 0.364 e. The Morgan fingerprint density at radius 3 is 3.28 bits per heavy atom. The van der Waals surface area contributed by atoms with Crippen LogP contribution in [0.4, 0.5) is 5.82 Å². The molecule has 8 heteroatoms. The number of nitrogens with zero attached hydrogens (tertiary/aromatic N) is 4. The highest BCUT2D eigenvalue weighted by Crippen LogP contribution is 2.14. The Kier molecular flexibility index (Phi) is 2.73. The standard InChI is InChI=1S/C10H13N5O3/c16-6-7-5-14(3-4-18-7)9-2-1-8-11-12-10(17)15(8)13-9/h1-2,7,16H,3-6H2,(H,12,17). The van der Waals surface area contributed by atoms with Crippen LogP contribution in [0.5, 0.6) is 0 Å². The first-order valence-electron chi connectivity index (χ1n) is 5.70. The van der Waals surface area contributed by atoms with Crippen molar-refractivity contribution in [2.24, 2.45) is 0 Å². The second-order valence-electron chi connectivity index (χ2n) is 4.11. The minimum absolute atomic E-state index is 0.0234. The van der Waals surface area contributed by atoms with Gasteiger partial charge in [-0.15, -0.1) is 5.10 Å². The van der Waals surface area contributed by atoms with Gasteiger partial charge in [-0.25, -0.2) is 9.89 Å². The molecule has 0 aliphatic carbocycles. The zero-order valence-electron chi connectivity index (χ0n) is 9.61. The number of rotatable bonds is 2. The summed E-state index contributed by atoms with van der Waals surface area (Å²) in [7, 11) is 0. The molecule has 96 valence electrons. The molecule has 1 atom stereocenters. The number of ether oxygens (including phenoxy) is 1. The predicted molar refractivity (Wildman–Crippen MR) is 62.6 cm³/mol. The summed E-state index contributed by atoms with van der Waals surface area (Å²) < 4.78 is 6.59. The number of aromatic amines is 1. The first-order chi connectivity index (χ1) is 8.78. The van der Waals surface area contributed by atoms with Crippen LogP contribution >= 0.6 is 0 Å². The van der Waals surface area contributed by atoms with E-state index in [2.05, 4.69) is 15.3 Å². The third-order valence-electron chi connectivity index (χ3n) is 2.93. The molecule has 0 radical (unpaired) electrons. The van der Waals surface area contributed by atoms with Crippen LogP contribution in [0.2, 0.25) is 0 Å². The van der Waals surface area contributed by atoms with Crippen LogP contribution in [0, 0.1) is 0 Å². The number of anilines is 1. The van der Waals surface area contributed by atoms with Crippen molar-refractivity contribution in [3.8, 4) is 0 Å². The number of hydrogen-bond donors (Lipinski definition) is 2. The van der Waals surface area contributed by atoms with Gasteiger partial charge in [0.15, 0.2) is 5.65 Å². The number of nitrogens with one attached hydrogen (secondary N) is 1. The first kappa shape index (κ1) is 11.2. The van der Waals surface area contributed by atoms with Crippen LogP contribution in [0.3, 0.4) is 0 Å². The minimum Gasteiger partial charge on any atom is -0.394 e. The number of fused-ring (bicyclic) bond motifs is 1. The Hall–Kier alpha value is -1.93. The van der Waals surface area contributed by atoms with Gasteiger partial charge in [-0.2, -0.15) is 9.61 Å². The summed E-state index contributed by atoms with van der Waals surface area (Å²) in [5, 5.41) is 19.5. The number of aromatic nitrogens is 4. The van der Waals surface area contributed by atoms with Crippen LogP contribution in [-0.4, -0.2) is 57.3 Å². The van der Waals surface area contributed by atoms with Crippen molar-refractivity contribution in [2.45, 2.75) is 6.10 Å². The Balaban J connectivity index is 1.93. The summed E-state index contributed by atoms with van der Waals surface area (Å²) in [6.07, 6.45) is -0.211. The molecule has 0 bridgehead atoms. The van der Waals surface area contributed by atoms with Crippen LogP contribution in [0.1, 0.15) is 0 Å². The number of morpholine rings is 1. The lowest BCUT2D eigenvalue weighted by Gasteiger charge is -2.32. The Morgan fingerprint density at radius 2 is 2.44 bits per heavy atom. The van der Waals surface area contributed by atoms with E-state index in [0.29, 0.717) is 31.2 Å². The van der Waals surface area contributed by atoms with Crippen LogP contribution in [0.15, 0.2) is 16.9 Å². The fraction of sp³-hybridized carbons (Fsp3) is 0.500. The van der Waals surface area contributed by atoms with E-state index < -0.39 is 0 Å². The van der Waals surface area contributed by atoms with Crippen molar-refractivity contribution in [3.63, 3.8) is 0 Å². The van der Waals surface area contributed by atoms with Crippen molar-refractivity contribution in [2.75, 3.05) is 31.2 Å². The van der Waals surface area contributed by atoms with Crippen molar-refractivity contribution in [1.82, 2.24) is 19.8 Å². The third kappa shape index (κ3) is 1.85. The molecule has 3 heterocycles. The van der Waals surface area contributed by atoms with Gasteiger partial charge in [-0.3, -0.25) is 0 Å². The quantitative estimate of drug-likeness (QED) is 0.682. The van der Waals surface area contributed by atoms with Gasteiger partial charge in [0.05, 0.1) is 19.3 Å². The normalized spacial score (nSPS) is 20.5. The van der Waals surface area contributed by atoms with Gasteiger partial charge in [0.2, 0.25) is 0 Å². The van der Waals surface area contributed by atoms with Gasteiger partial charge in [0.1, 0.15) is 5.82 Å². The van der Waals surface area contributed by atoms with Crippen LogP contribution in [0.25, 0.3) is 5.65 Å². The van der Waals surface area contributed by atoms with E-state index in [1.165, 1.54) is 4.52 Å². The predicted octanol–water partition coefficient (Wildman–Crippen LogP) is -1.38. The van der Waals surface area contributed by atoms with Crippen molar-refractivity contribution >= 4 is 11.5 Å². The van der Waals surface area contributed by atoms with E-state index in [4.69, 9.17) is 9.84 Å². The monoisotopic (exact) mass is 251 g/mol. The molecular formula is C10H13N5O3. The highest BCUT2D eigenvalue weighted by Gasteiger charge is 2.21. The second-order valence-corrected chi connectivity index (χ2v) is 4.11. The summed E-state index contributed by atoms with van der Waals surface area (Å²) in [4.78, 5) is 13.4. The molecule has 3 rings (SSSR count). The molecule has 1 saturated heterocycles. The third-order valence-corrected chi connectivity index (χ3v) is 2.93. The van der Waals surface area contributed by atoms with Crippen LogP contribution < -0.4 is 10.6 Å². The average molecular weight is 251 g/mol. The molecule has 0 amide bonds. The average Bonchev–Trinajstić information content (AvgIpc) is 2.80. The lowest BCUT2D eigenvalue weighted by molar-refractivity contribution is 0.00331. The fourth-order valence-corrected chi connectivity index (χ4v) is 2.00. The lowest BCUT2D eigenvalue weighted by Crippen LogP contribution is -2.44. The highest BCUT2D eigenvalue weighted by molar-refractivity contribution is 5.45. The summed E-state index contributed by atoms with van der Waals surface area (Å²) in [5.41, 5.74) is 0.120. The summed E-state index contributed by atoms with van der Waals surface area (Å²) in [6, 6.07) is 3.53. The van der Waals surface area contributed by atoms with E-state index in [1.807, 2.05) is 4.90 Å². The van der Waals surface area contributed by atoms with E-state index in [-0.39, 0.29) is 18.4 Å².